The number of hydrogen-bond acceptors (Lipinski definition) is 3. The van der Waals surface area contributed by atoms with Gasteiger partial charge >= 0.3 is 0 Å². The Labute approximate surface area is 121 Å². The summed E-state index contributed by atoms with van der Waals surface area (Å²) in [5, 5.41) is 3.45. The van der Waals surface area contributed by atoms with E-state index in [1.54, 1.807) is 7.11 Å². The highest BCUT2D eigenvalue weighted by molar-refractivity contribution is 5.84. The van der Waals surface area contributed by atoms with Crippen molar-refractivity contribution in [2.75, 3.05) is 20.3 Å². The lowest BCUT2D eigenvalue weighted by Crippen LogP contribution is -2.37. The molecule has 0 aromatic heterocycles. The third kappa shape index (κ3) is 3.58. The number of nitrogens with one attached hydrogen (secondary N) is 1. The van der Waals surface area contributed by atoms with E-state index in [9.17, 15) is 4.79 Å². The lowest BCUT2D eigenvalue weighted by atomic mass is 10.1. The third-order valence-electron chi connectivity index (χ3n) is 3.77. The minimum Gasteiger partial charge on any atom is -0.385 e. The fourth-order valence-electron chi connectivity index (χ4n) is 2.73. The average Bonchev–Trinajstić information content (AvgIpc) is 2.77. The van der Waals surface area contributed by atoms with E-state index >= 15 is 0 Å². The number of ether oxygens (including phenoxy) is 1. The molecule has 2 unspecified atom stereocenters. The van der Waals surface area contributed by atoms with Crippen molar-refractivity contribution in [1.82, 2.24) is 10.2 Å². The molecule has 1 amide bonds. The number of rotatable bonds is 7. The topological polar surface area (TPSA) is 41.6 Å². The zero-order valence-electron chi connectivity index (χ0n) is 12.3. The quantitative estimate of drug-likeness (QED) is 0.772. The third-order valence-corrected chi connectivity index (χ3v) is 3.77. The molecule has 1 aromatic carbocycles. The predicted molar refractivity (Wildman–Crippen MR) is 79.4 cm³/mol. The Morgan fingerprint density at radius 2 is 2.05 bits per heavy atom. The van der Waals surface area contributed by atoms with E-state index in [1.165, 1.54) is 5.56 Å². The monoisotopic (exact) mass is 276 g/mol. The molecule has 0 bridgehead atoms. The van der Waals surface area contributed by atoms with Gasteiger partial charge in [-0.1, -0.05) is 37.3 Å². The number of hydrogen-bond donors (Lipinski definition) is 1. The maximum absolute atomic E-state index is 12.5. The van der Waals surface area contributed by atoms with Gasteiger partial charge in [0, 0.05) is 20.3 Å². The average molecular weight is 276 g/mol. The molecule has 1 aromatic rings. The fraction of sp³-hybridized carbons (Fsp3) is 0.562. The first-order chi connectivity index (χ1) is 9.76. The Kier molecular flexibility index (Phi) is 5.56. The Morgan fingerprint density at radius 3 is 2.70 bits per heavy atom. The molecule has 0 radical (unpaired) electrons. The van der Waals surface area contributed by atoms with Crippen LogP contribution in [0.25, 0.3) is 0 Å². The summed E-state index contributed by atoms with van der Waals surface area (Å²) in [6.45, 7) is 3.58. The summed E-state index contributed by atoms with van der Waals surface area (Å²) in [4.78, 5) is 14.5. The van der Waals surface area contributed by atoms with Crippen LogP contribution in [0, 0.1) is 0 Å². The molecule has 110 valence electrons. The molecule has 20 heavy (non-hydrogen) atoms. The van der Waals surface area contributed by atoms with E-state index in [-0.39, 0.29) is 18.1 Å². The first-order valence-corrected chi connectivity index (χ1v) is 7.35. The summed E-state index contributed by atoms with van der Waals surface area (Å²) < 4.78 is 5.07. The van der Waals surface area contributed by atoms with Crippen molar-refractivity contribution in [2.45, 2.75) is 38.4 Å². The van der Waals surface area contributed by atoms with Crippen LogP contribution in [0.5, 0.6) is 0 Å². The molecule has 4 nitrogen and oxygen atoms in total. The van der Waals surface area contributed by atoms with Gasteiger partial charge in [-0.15, -0.1) is 0 Å². The molecule has 0 saturated carbocycles. The van der Waals surface area contributed by atoms with Crippen molar-refractivity contribution >= 4 is 5.91 Å². The maximum atomic E-state index is 12.5. The number of methoxy groups -OCH3 is 1. The van der Waals surface area contributed by atoms with Crippen molar-refractivity contribution < 1.29 is 9.53 Å². The summed E-state index contributed by atoms with van der Waals surface area (Å²) in [7, 11) is 1.69. The van der Waals surface area contributed by atoms with Crippen LogP contribution in [0.2, 0.25) is 0 Å². The van der Waals surface area contributed by atoms with Gasteiger partial charge in [0.1, 0.15) is 0 Å². The lowest BCUT2D eigenvalue weighted by Gasteiger charge is -2.22. The molecular formula is C16H24N2O2. The van der Waals surface area contributed by atoms with E-state index in [2.05, 4.69) is 24.4 Å². The van der Waals surface area contributed by atoms with Crippen LogP contribution in [0.3, 0.4) is 0 Å². The minimum absolute atomic E-state index is 0.0927. The standard InChI is InChI=1S/C16H24N2O2/c1-3-15-17-14(12-13-8-5-4-6-9-13)16(19)18(15)10-7-11-20-2/h4-6,8-9,14-15,17H,3,7,10-12H2,1-2H3. The number of benzene rings is 1. The van der Waals surface area contributed by atoms with Gasteiger partial charge in [-0.2, -0.15) is 0 Å². The number of nitrogens with zero attached hydrogens (tertiary/aromatic N) is 1. The molecule has 1 heterocycles. The van der Waals surface area contributed by atoms with Crippen LogP contribution in [0.15, 0.2) is 30.3 Å². The number of carbonyl (C=O) groups is 1. The summed E-state index contributed by atoms with van der Waals surface area (Å²) in [5.41, 5.74) is 1.20. The van der Waals surface area contributed by atoms with Gasteiger partial charge in [0.15, 0.2) is 0 Å². The normalized spacial score (nSPS) is 22.5. The van der Waals surface area contributed by atoms with E-state index in [1.807, 2.05) is 23.1 Å². The van der Waals surface area contributed by atoms with Crippen LogP contribution in [-0.2, 0) is 16.0 Å². The van der Waals surface area contributed by atoms with Crippen LogP contribution >= 0.6 is 0 Å². The Balaban J connectivity index is 1.96. The molecule has 1 aliphatic rings. The van der Waals surface area contributed by atoms with Gasteiger partial charge in [-0.25, -0.2) is 0 Å². The molecular weight excluding hydrogens is 252 g/mol. The first kappa shape index (κ1) is 15.0. The van der Waals surface area contributed by atoms with E-state index < -0.39 is 0 Å². The Bertz CT molecular complexity index is 422. The van der Waals surface area contributed by atoms with Gasteiger partial charge in [-0.05, 0) is 24.8 Å². The summed E-state index contributed by atoms with van der Waals surface area (Å²) in [5.74, 6) is 0.219. The second kappa shape index (κ2) is 7.41. The Morgan fingerprint density at radius 1 is 1.30 bits per heavy atom. The molecule has 2 atom stereocenters. The van der Waals surface area contributed by atoms with Crippen LogP contribution in [-0.4, -0.2) is 43.3 Å². The van der Waals surface area contributed by atoms with Crippen LogP contribution in [0.4, 0.5) is 0 Å². The fourth-order valence-corrected chi connectivity index (χ4v) is 2.73. The zero-order valence-corrected chi connectivity index (χ0v) is 12.3. The van der Waals surface area contributed by atoms with E-state index in [4.69, 9.17) is 4.74 Å². The molecule has 2 rings (SSSR count). The highest BCUT2D eigenvalue weighted by atomic mass is 16.5. The highest BCUT2D eigenvalue weighted by Crippen LogP contribution is 2.17. The Hall–Kier alpha value is -1.39. The van der Waals surface area contributed by atoms with Gasteiger partial charge in [-0.3, -0.25) is 10.1 Å². The summed E-state index contributed by atoms with van der Waals surface area (Å²) in [6.07, 6.45) is 2.74. The van der Waals surface area contributed by atoms with Crippen molar-refractivity contribution in [3.05, 3.63) is 35.9 Å². The van der Waals surface area contributed by atoms with Gasteiger partial charge in [0.2, 0.25) is 5.91 Å². The summed E-state index contributed by atoms with van der Waals surface area (Å²) >= 11 is 0. The maximum Gasteiger partial charge on any atom is 0.241 e. The first-order valence-electron chi connectivity index (χ1n) is 7.35. The van der Waals surface area contributed by atoms with Gasteiger partial charge < -0.3 is 9.64 Å². The minimum atomic E-state index is -0.0927. The van der Waals surface area contributed by atoms with Gasteiger partial charge in [0.25, 0.3) is 0 Å². The van der Waals surface area contributed by atoms with Crippen LogP contribution in [0.1, 0.15) is 25.3 Å². The second-order valence-electron chi connectivity index (χ2n) is 5.21. The van der Waals surface area contributed by atoms with Crippen molar-refractivity contribution in [1.29, 1.82) is 0 Å². The molecule has 1 N–H and O–H groups in total. The molecule has 1 aliphatic heterocycles. The van der Waals surface area contributed by atoms with E-state index in [0.717, 1.165) is 25.8 Å². The van der Waals surface area contributed by atoms with Crippen molar-refractivity contribution in [3.63, 3.8) is 0 Å². The van der Waals surface area contributed by atoms with Gasteiger partial charge in [0.05, 0.1) is 12.2 Å². The van der Waals surface area contributed by atoms with E-state index in [0.29, 0.717) is 6.61 Å². The number of amides is 1. The zero-order chi connectivity index (χ0) is 14.4. The smallest absolute Gasteiger partial charge is 0.241 e. The molecule has 0 aliphatic carbocycles. The predicted octanol–water partition coefficient (Wildman–Crippen LogP) is 1.80. The highest BCUT2D eigenvalue weighted by Gasteiger charge is 2.37. The molecule has 1 saturated heterocycles. The molecule has 0 spiro atoms. The summed E-state index contributed by atoms with van der Waals surface area (Å²) in [6, 6.07) is 10.1. The lowest BCUT2D eigenvalue weighted by molar-refractivity contribution is -0.130. The molecule has 1 fully saturated rings. The van der Waals surface area contributed by atoms with Crippen molar-refractivity contribution in [3.8, 4) is 0 Å². The van der Waals surface area contributed by atoms with Crippen molar-refractivity contribution in [2.24, 2.45) is 0 Å². The van der Waals surface area contributed by atoms with Crippen LogP contribution < -0.4 is 5.32 Å². The second-order valence-corrected chi connectivity index (χ2v) is 5.21. The SMILES string of the molecule is CCC1NC(Cc2ccccc2)C(=O)N1CCCOC. The number of carbonyl (C=O) groups excluding carboxylic acids is 1. The largest absolute Gasteiger partial charge is 0.385 e. The molecule has 4 heteroatoms.